The minimum absolute atomic E-state index is 0.0330. The van der Waals surface area contributed by atoms with Crippen molar-refractivity contribution in [3.8, 4) is 5.75 Å². The van der Waals surface area contributed by atoms with Crippen LogP contribution >= 0.6 is 0 Å². The van der Waals surface area contributed by atoms with Gasteiger partial charge in [0.15, 0.2) is 6.61 Å². The number of hydrogen-bond donors (Lipinski definition) is 1. The molecule has 0 unspecified atom stereocenters. The highest BCUT2D eigenvalue weighted by Gasteiger charge is 2.41. The van der Waals surface area contributed by atoms with Crippen LogP contribution in [0.2, 0.25) is 0 Å². The molecule has 1 aliphatic heterocycles. The van der Waals surface area contributed by atoms with Gasteiger partial charge in [0, 0.05) is 25.9 Å². The number of piperidine rings is 1. The Hall–Kier alpha value is -2.08. The summed E-state index contributed by atoms with van der Waals surface area (Å²) >= 11 is 0. The van der Waals surface area contributed by atoms with E-state index in [9.17, 15) is 9.59 Å². The fourth-order valence-corrected chi connectivity index (χ4v) is 4.01. The maximum atomic E-state index is 12.8. The van der Waals surface area contributed by atoms with Crippen LogP contribution < -0.4 is 10.1 Å². The van der Waals surface area contributed by atoms with Gasteiger partial charge in [0.05, 0.1) is 0 Å². The average Bonchev–Trinajstić information content (AvgIpc) is 2.74. The smallest absolute Gasteiger partial charge is 0.260 e. The lowest BCUT2D eigenvalue weighted by Crippen LogP contribution is -2.47. The summed E-state index contributed by atoms with van der Waals surface area (Å²) in [5.74, 6) is 1.21. The first-order valence-electron chi connectivity index (χ1n) is 10.4. The number of amides is 2. The van der Waals surface area contributed by atoms with Crippen LogP contribution in [0.4, 0.5) is 5.69 Å². The van der Waals surface area contributed by atoms with Crippen molar-refractivity contribution in [2.24, 2.45) is 5.92 Å². The minimum atomic E-state index is -0.734. The molecular formula is C22H32N2O4. The van der Waals surface area contributed by atoms with Crippen molar-refractivity contribution in [3.63, 3.8) is 0 Å². The maximum Gasteiger partial charge on any atom is 0.260 e. The number of anilines is 1. The quantitative estimate of drug-likeness (QED) is 0.808. The van der Waals surface area contributed by atoms with Crippen molar-refractivity contribution in [1.82, 2.24) is 4.90 Å². The number of carbonyl (C=O) groups excluding carboxylic acids is 2. The third-order valence-corrected chi connectivity index (χ3v) is 6.07. The first kappa shape index (κ1) is 20.6. The van der Waals surface area contributed by atoms with Gasteiger partial charge >= 0.3 is 0 Å². The molecule has 6 heteroatoms. The summed E-state index contributed by atoms with van der Waals surface area (Å²) in [4.78, 5) is 26.8. The molecule has 2 fully saturated rings. The molecule has 1 aliphatic carbocycles. The molecule has 154 valence electrons. The van der Waals surface area contributed by atoms with Crippen LogP contribution in [0.3, 0.4) is 0 Å². The number of nitrogens with one attached hydrogen (secondary N) is 1. The zero-order chi connectivity index (χ0) is 20.0. The van der Waals surface area contributed by atoms with Crippen molar-refractivity contribution in [2.75, 3.05) is 32.1 Å². The Balaban J connectivity index is 1.51. The summed E-state index contributed by atoms with van der Waals surface area (Å²) in [6, 6.07) is 7.16. The fourth-order valence-electron chi connectivity index (χ4n) is 4.01. The van der Waals surface area contributed by atoms with Gasteiger partial charge in [-0.15, -0.1) is 0 Å². The van der Waals surface area contributed by atoms with Crippen molar-refractivity contribution in [3.05, 3.63) is 24.3 Å². The summed E-state index contributed by atoms with van der Waals surface area (Å²) < 4.78 is 11.2. The molecule has 1 aromatic rings. The van der Waals surface area contributed by atoms with Crippen LogP contribution in [0.15, 0.2) is 24.3 Å². The zero-order valence-electron chi connectivity index (χ0n) is 17.0. The van der Waals surface area contributed by atoms with Gasteiger partial charge < -0.3 is 19.7 Å². The van der Waals surface area contributed by atoms with Crippen LogP contribution in [0.1, 0.15) is 51.9 Å². The molecular weight excluding hydrogens is 356 g/mol. The molecule has 1 saturated heterocycles. The molecule has 28 heavy (non-hydrogen) atoms. The molecule has 1 heterocycles. The van der Waals surface area contributed by atoms with E-state index in [1.807, 2.05) is 4.90 Å². The maximum absolute atomic E-state index is 12.8. The van der Waals surface area contributed by atoms with E-state index in [1.165, 1.54) is 6.42 Å². The van der Waals surface area contributed by atoms with E-state index in [-0.39, 0.29) is 18.4 Å². The summed E-state index contributed by atoms with van der Waals surface area (Å²) in [6.45, 7) is 3.92. The van der Waals surface area contributed by atoms with Crippen LogP contribution in [0.25, 0.3) is 0 Å². The minimum Gasteiger partial charge on any atom is -0.484 e. The van der Waals surface area contributed by atoms with Gasteiger partial charge in [0.2, 0.25) is 0 Å². The summed E-state index contributed by atoms with van der Waals surface area (Å²) in [5, 5.41) is 2.97. The molecule has 0 radical (unpaired) electrons. The lowest BCUT2D eigenvalue weighted by molar-refractivity contribution is -0.142. The number of methoxy groups -OCH3 is 1. The largest absolute Gasteiger partial charge is 0.484 e. The lowest BCUT2D eigenvalue weighted by atomic mass is 9.79. The van der Waals surface area contributed by atoms with Crippen LogP contribution in [0.5, 0.6) is 5.75 Å². The van der Waals surface area contributed by atoms with E-state index in [0.717, 1.165) is 51.6 Å². The number of likely N-dealkylation sites (tertiary alicyclic amines) is 1. The number of nitrogens with zero attached hydrogens (tertiary/aromatic N) is 1. The predicted octanol–water partition coefficient (Wildman–Crippen LogP) is 3.61. The van der Waals surface area contributed by atoms with E-state index in [1.54, 1.807) is 31.4 Å². The zero-order valence-corrected chi connectivity index (χ0v) is 17.0. The molecule has 1 aromatic carbocycles. The lowest BCUT2D eigenvalue weighted by Gasteiger charge is -2.36. The summed E-state index contributed by atoms with van der Waals surface area (Å²) in [5.41, 5.74) is -0.0301. The Kier molecular flexibility index (Phi) is 6.94. The van der Waals surface area contributed by atoms with Gasteiger partial charge in [-0.25, -0.2) is 0 Å². The molecule has 2 amide bonds. The number of carbonyl (C=O) groups is 2. The third kappa shape index (κ3) is 5.04. The number of ether oxygens (including phenoxy) is 2. The van der Waals surface area contributed by atoms with E-state index in [2.05, 4.69) is 12.2 Å². The van der Waals surface area contributed by atoms with Crippen molar-refractivity contribution in [2.45, 2.75) is 57.5 Å². The van der Waals surface area contributed by atoms with E-state index >= 15 is 0 Å². The Labute approximate surface area is 167 Å². The number of benzene rings is 1. The van der Waals surface area contributed by atoms with Gasteiger partial charge in [-0.2, -0.15) is 0 Å². The van der Waals surface area contributed by atoms with Gasteiger partial charge in [-0.05, 0) is 75.1 Å². The molecule has 6 nitrogen and oxygen atoms in total. The number of hydrogen-bond acceptors (Lipinski definition) is 4. The Morgan fingerprint density at radius 2 is 1.75 bits per heavy atom. The second-order valence-electron chi connectivity index (χ2n) is 8.09. The molecule has 0 aromatic heterocycles. The van der Waals surface area contributed by atoms with E-state index < -0.39 is 5.60 Å². The van der Waals surface area contributed by atoms with Crippen molar-refractivity contribution in [1.29, 1.82) is 0 Å². The molecule has 0 spiro atoms. The second-order valence-corrected chi connectivity index (χ2v) is 8.09. The molecule has 0 bridgehead atoms. The third-order valence-electron chi connectivity index (χ3n) is 6.07. The van der Waals surface area contributed by atoms with Gasteiger partial charge in [-0.3, -0.25) is 9.59 Å². The fraction of sp³-hybridized carbons (Fsp3) is 0.636. The van der Waals surface area contributed by atoms with Crippen molar-refractivity contribution >= 4 is 17.5 Å². The first-order valence-corrected chi connectivity index (χ1v) is 10.4. The number of rotatable bonds is 6. The normalized spacial score (nSPS) is 25.2. The molecule has 1 N–H and O–H groups in total. The first-order chi connectivity index (χ1) is 13.5. The van der Waals surface area contributed by atoms with Crippen molar-refractivity contribution < 1.29 is 19.1 Å². The van der Waals surface area contributed by atoms with Gasteiger partial charge in [0.25, 0.3) is 11.8 Å². The van der Waals surface area contributed by atoms with Crippen LogP contribution in [0, 0.1) is 5.92 Å². The highest BCUT2D eigenvalue weighted by atomic mass is 16.5. The molecule has 2 aliphatic rings. The topological polar surface area (TPSA) is 67.9 Å². The Bertz CT molecular complexity index is 660. The SMILES string of the molecule is COC1(C(=O)Nc2ccc(OCC(=O)N3CCCCC3)cc2)CCC(C)CC1. The second kappa shape index (κ2) is 9.41. The van der Waals surface area contributed by atoms with Gasteiger partial charge in [0.1, 0.15) is 11.4 Å². The average molecular weight is 389 g/mol. The highest BCUT2D eigenvalue weighted by molar-refractivity contribution is 5.97. The van der Waals surface area contributed by atoms with E-state index in [0.29, 0.717) is 17.4 Å². The van der Waals surface area contributed by atoms with Gasteiger partial charge in [-0.1, -0.05) is 6.92 Å². The standard InChI is InChI=1S/C22H32N2O4/c1-17-10-12-22(27-2,13-11-17)21(26)23-18-6-8-19(9-7-18)28-16-20(25)24-14-4-3-5-15-24/h6-9,17H,3-5,10-16H2,1-2H3,(H,23,26). The summed E-state index contributed by atoms with van der Waals surface area (Å²) in [7, 11) is 1.62. The molecule has 0 atom stereocenters. The molecule has 1 saturated carbocycles. The van der Waals surface area contributed by atoms with Crippen LogP contribution in [-0.2, 0) is 14.3 Å². The Morgan fingerprint density at radius 3 is 2.36 bits per heavy atom. The predicted molar refractivity (Wildman–Crippen MR) is 108 cm³/mol. The van der Waals surface area contributed by atoms with E-state index in [4.69, 9.17) is 9.47 Å². The monoisotopic (exact) mass is 388 g/mol. The molecule has 3 rings (SSSR count). The Morgan fingerprint density at radius 1 is 1.11 bits per heavy atom. The summed E-state index contributed by atoms with van der Waals surface area (Å²) in [6.07, 6.45) is 6.83. The van der Waals surface area contributed by atoms with Crippen LogP contribution in [-0.4, -0.2) is 49.1 Å². The highest BCUT2D eigenvalue weighted by Crippen LogP contribution is 2.35.